The first kappa shape index (κ1) is 14.5. The molecule has 1 aliphatic rings. The molecule has 108 valence electrons. The third-order valence-electron chi connectivity index (χ3n) is 3.36. The number of benzene rings is 1. The summed E-state index contributed by atoms with van der Waals surface area (Å²) in [7, 11) is 1.25. The van der Waals surface area contributed by atoms with Crippen molar-refractivity contribution in [1.29, 1.82) is 0 Å². The van der Waals surface area contributed by atoms with Crippen LogP contribution in [-0.2, 0) is 9.53 Å². The van der Waals surface area contributed by atoms with Crippen molar-refractivity contribution in [2.45, 2.75) is 12.8 Å². The van der Waals surface area contributed by atoms with Gasteiger partial charge in [0.15, 0.2) is 0 Å². The summed E-state index contributed by atoms with van der Waals surface area (Å²) in [5.74, 6) is -1.48. The molecule has 1 aromatic carbocycles. The summed E-state index contributed by atoms with van der Waals surface area (Å²) >= 11 is 0. The Balaban J connectivity index is 2.11. The summed E-state index contributed by atoms with van der Waals surface area (Å²) in [6, 6.07) is 3.76. The third-order valence-corrected chi connectivity index (χ3v) is 3.36. The minimum absolute atomic E-state index is 0.0106. The van der Waals surface area contributed by atoms with E-state index in [0.29, 0.717) is 0 Å². The standard InChI is InChI=1S/C14H17FN2O3/c1-20-14(19)10-2-3-11(15)12(8-10)17-13(18)9-4-6-16-7-5-9/h2-3,8-9,16H,4-7H2,1H3,(H,17,18). The Kier molecular flexibility index (Phi) is 4.68. The molecule has 0 radical (unpaired) electrons. The largest absolute Gasteiger partial charge is 0.465 e. The number of hydrogen-bond donors (Lipinski definition) is 2. The van der Waals surface area contributed by atoms with Crippen molar-refractivity contribution in [2.75, 3.05) is 25.5 Å². The molecule has 2 N–H and O–H groups in total. The van der Waals surface area contributed by atoms with Crippen molar-refractivity contribution in [3.8, 4) is 0 Å². The first-order valence-electron chi connectivity index (χ1n) is 6.51. The highest BCUT2D eigenvalue weighted by atomic mass is 19.1. The number of esters is 1. The smallest absolute Gasteiger partial charge is 0.337 e. The Morgan fingerprint density at radius 2 is 2.05 bits per heavy atom. The molecule has 1 fully saturated rings. The van der Waals surface area contributed by atoms with E-state index in [2.05, 4.69) is 15.4 Å². The van der Waals surface area contributed by atoms with Gasteiger partial charge in [0, 0.05) is 5.92 Å². The lowest BCUT2D eigenvalue weighted by atomic mass is 9.97. The van der Waals surface area contributed by atoms with Crippen molar-refractivity contribution in [3.63, 3.8) is 0 Å². The van der Waals surface area contributed by atoms with E-state index in [1.165, 1.54) is 19.2 Å². The van der Waals surface area contributed by atoms with E-state index in [1.54, 1.807) is 0 Å². The highest BCUT2D eigenvalue weighted by molar-refractivity contribution is 5.95. The Labute approximate surface area is 116 Å². The van der Waals surface area contributed by atoms with E-state index in [4.69, 9.17) is 0 Å². The maximum absolute atomic E-state index is 13.7. The number of methoxy groups -OCH3 is 1. The molecule has 1 aromatic rings. The second kappa shape index (κ2) is 6.47. The highest BCUT2D eigenvalue weighted by Gasteiger charge is 2.22. The van der Waals surface area contributed by atoms with Gasteiger partial charge in [0.05, 0.1) is 18.4 Å². The van der Waals surface area contributed by atoms with Crippen LogP contribution < -0.4 is 10.6 Å². The van der Waals surface area contributed by atoms with E-state index in [-0.39, 0.29) is 23.1 Å². The number of amides is 1. The third kappa shape index (κ3) is 3.33. The van der Waals surface area contributed by atoms with Crippen LogP contribution in [0.25, 0.3) is 0 Å². The van der Waals surface area contributed by atoms with Crippen LogP contribution in [0.4, 0.5) is 10.1 Å². The van der Waals surface area contributed by atoms with Crippen LogP contribution in [0.1, 0.15) is 23.2 Å². The Hall–Kier alpha value is -1.95. The number of ether oxygens (including phenoxy) is 1. The van der Waals surface area contributed by atoms with Gasteiger partial charge in [-0.2, -0.15) is 0 Å². The summed E-state index contributed by atoms with van der Waals surface area (Å²) in [5.41, 5.74) is 0.214. The topological polar surface area (TPSA) is 67.4 Å². The molecule has 0 spiro atoms. The minimum atomic E-state index is -0.570. The molecule has 1 aliphatic heterocycles. The lowest BCUT2D eigenvalue weighted by Gasteiger charge is -2.22. The van der Waals surface area contributed by atoms with Gasteiger partial charge in [-0.05, 0) is 44.1 Å². The molecule has 0 saturated carbocycles. The molecule has 20 heavy (non-hydrogen) atoms. The van der Waals surface area contributed by atoms with Crippen LogP contribution in [0.3, 0.4) is 0 Å². The van der Waals surface area contributed by atoms with Crippen molar-refractivity contribution in [2.24, 2.45) is 5.92 Å². The molecule has 2 rings (SSSR count). The molecule has 0 aromatic heterocycles. The van der Waals surface area contributed by atoms with Crippen LogP contribution in [-0.4, -0.2) is 32.1 Å². The van der Waals surface area contributed by atoms with Gasteiger partial charge in [-0.3, -0.25) is 4.79 Å². The second-order valence-electron chi connectivity index (χ2n) is 4.70. The monoisotopic (exact) mass is 280 g/mol. The Morgan fingerprint density at radius 1 is 1.35 bits per heavy atom. The van der Waals surface area contributed by atoms with Crippen LogP contribution in [0.2, 0.25) is 0 Å². The predicted octanol–water partition coefficient (Wildman–Crippen LogP) is 1.55. The first-order chi connectivity index (χ1) is 9.61. The Morgan fingerprint density at radius 3 is 2.70 bits per heavy atom. The van der Waals surface area contributed by atoms with E-state index in [0.717, 1.165) is 32.0 Å². The fourth-order valence-electron chi connectivity index (χ4n) is 2.18. The lowest BCUT2D eigenvalue weighted by molar-refractivity contribution is -0.120. The fraction of sp³-hybridized carbons (Fsp3) is 0.429. The normalized spacial score (nSPS) is 15.7. The summed E-state index contributed by atoms with van der Waals surface area (Å²) in [5, 5.41) is 5.71. The van der Waals surface area contributed by atoms with Gasteiger partial charge in [-0.25, -0.2) is 9.18 Å². The quantitative estimate of drug-likeness (QED) is 0.824. The molecular formula is C14H17FN2O3. The van der Waals surface area contributed by atoms with Crippen molar-refractivity contribution in [3.05, 3.63) is 29.6 Å². The number of rotatable bonds is 3. The van der Waals surface area contributed by atoms with Crippen LogP contribution in [0.15, 0.2) is 18.2 Å². The average molecular weight is 280 g/mol. The van der Waals surface area contributed by atoms with E-state index in [1.807, 2.05) is 0 Å². The van der Waals surface area contributed by atoms with E-state index < -0.39 is 11.8 Å². The number of halogens is 1. The van der Waals surface area contributed by atoms with Crippen molar-refractivity contribution in [1.82, 2.24) is 5.32 Å². The molecule has 0 bridgehead atoms. The fourth-order valence-corrected chi connectivity index (χ4v) is 2.18. The number of anilines is 1. The minimum Gasteiger partial charge on any atom is -0.465 e. The molecule has 5 nitrogen and oxygen atoms in total. The van der Waals surface area contributed by atoms with Gasteiger partial charge in [0.1, 0.15) is 5.82 Å². The Bertz CT molecular complexity index is 513. The summed E-state index contributed by atoms with van der Waals surface area (Å²) in [6.07, 6.45) is 1.45. The number of piperidine rings is 1. The zero-order valence-corrected chi connectivity index (χ0v) is 11.2. The zero-order valence-electron chi connectivity index (χ0n) is 11.2. The highest BCUT2D eigenvalue weighted by Crippen LogP contribution is 2.20. The summed E-state index contributed by atoms with van der Waals surface area (Å²) in [6.45, 7) is 1.56. The SMILES string of the molecule is COC(=O)c1ccc(F)c(NC(=O)C2CCNCC2)c1. The van der Waals surface area contributed by atoms with Crippen molar-refractivity contribution >= 4 is 17.6 Å². The number of carbonyl (C=O) groups excluding carboxylic acids is 2. The number of nitrogens with one attached hydrogen (secondary N) is 2. The van der Waals surface area contributed by atoms with Gasteiger partial charge >= 0.3 is 5.97 Å². The molecular weight excluding hydrogens is 263 g/mol. The molecule has 1 heterocycles. The molecule has 0 atom stereocenters. The maximum Gasteiger partial charge on any atom is 0.337 e. The molecule has 0 aliphatic carbocycles. The molecule has 0 unspecified atom stereocenters. The summed E-state index contributed by atoms with van der Waals surface area (Å²) < 4.78 is 18.3. The van der Waals surface area contributed by atoms with Crippen LogP contribution in [0.5, 0.6) is 0 Å². The second-order valence-corrected chi connectivity index (χ2v) is 4.70. The first-order valence-corrected chi connectivity index (χ1v) is 6.51. The van der Waals surface area contributed by atoms with Crippen LogP contribution in [0, 0.1) is 11.7 Å². The van der Waals surface area contributed by atoms with E-state index >= 15 is 0 Å². The van der Waals surface area contributed by atoms with Gasteiger partial charge < -0.3 is 15.4 Å². The van der Waals surface area contributed by atoms with Gasteiger partial charge in [-0.1, -0.05) is 0 Å². The van der Waals surface area contributed by atoms with Gasteiger partial charge in [0.25, 0.3) is 0 Å². The molecule has 1 saturated heterocycles. The number of hydrogen-bond acceptors (Lipinski definition) is 4. The molecule has 6 heteroatoms. The van der Waals surface area contributed by atoms with Crippen molar-refractivity contribution < 1.29 is 18.7 Å². The summed E-state index contributed by atoms with van der Waals surface area (Å²) in [4.78, 5) is 23.4. The lowest BCUT2D eigenvalue weighted by Crippen LogP contribution is -2.34. The predicted molar refractivity (Wildman–Crippen MR) is 72.0 cm³/mol. The van der Waals surface area contributed by atoms with Crippen LogP contribution >= 0.6 is 0 Å². The van der Waals surface area contributed by atoms with Gasteiger partial charge in [0.2, 0.25) is 5.91 Å². The number of carbonyl (C=O) groups is 2. The zero-order chi connectivity index (χ0) is 14.5. The van der Waals surface area contributed by atoms with Gasteiger partial charge in [-0.15, -0.1) is 0 Å². The maximum atomic E-state index is 13.7. The van der Waals surface area contributed by atoms with E-state index in [9.17, 15) is 14.0 Å². The average Bonchev–Trinajstić information content (AvgIpc) is 2.49. The molecule has 1 amide bonds.